The van der Waals surface area contributed by atoms with Crippen molar-refractivity contribution in [2.75, 3.05) is 12.8 Å². The first-order valence-corrected chi connectivity index (χ1v) is 8.64. The lowest BCUT2D eigenvalue weighted by molar-refractivity contribution is -0.141. The van der Waals surface area contributed by atoms with Crippen LogP contribution in [0.15, 0.2) is 0 Å². The van der Waals surface area contributed by atoms with E-state index in [-0.39, 0.29) is 11.9 Å². The van der Waals surface area contributed by atoms with Crippen molar-refractivity contribution in [3.63, 3.8) is 0 Å². The van der Waals surface area contributed by atoms with Gasteiger partial charge >= 0.3 is 5.97 Å². The molecule has 1 aliphatic heterocycles. The number of hydrogen-bond donors (Lipinski definition) is 2. The fourth-order valence-corrected chi connectivity index (χ4v) is 4.16. The third-order valence-corrected chi connectivity index (χ3v) is 5.35. The molecular formula is C12H20N2O5S. The second-order valence-corrected chi connectivity index (χ2v) is 7.52. The van der Waals surface area contributed by atoms with Gasteiger partial charge in [0.1, 0.15) is 6.04 Å². The Balaban J connectivity index is 1.94. The van der Waals surface area contributed by atoms with E-state index in [0.29, 0.717) is 38.6 Å². The maximum absolute atomic E-state index is 12.2. The Morgan fingerprint density at radius 2 is 1.95 bits per heavy atom. The number of carbonyl (C=O) groups is 2. The SMILES string of the molecule is CS(=O)(=O)N1CCCC1C(=O)N[C@H]1CC[C@@H](C(=O)O)C1. The van der Waals surface area contributed by atoms with E-state index in [9.17, 15) is 18.0 Å². The molecule has 1 unspecified atom stereocenters. The summed E-state index contributed by atoms with van der Waals surface area (Å²) in [5.41, 5.74) is 0. The summed E-state index contributed by atoms with van der Waals surface area (Å²) in [6.45, 7) is 0.374. The molecule has 8 heteroatoms. The summed E-state index contributed by atoms with van der Waals surface area (Å²) < 4.78 is 24.4. The molecule has 3 atom stereocenters. The number of aliphatic carboxylic acids is 1. The highest BCUT2D eigenvalue weighted by atomic mass is 32.2. The maximum Gasteiger partial charge on any atom is 0.306 e. The second kappa shape index (κ2) is 5.69. The van der Waals surface area contributed by atoms with Crippen LogP contribution in [0.25, 0.3) is 0 Å². The quantitative estimate of drug-likeness (QED) is 0.747. The number of carboxylic acid groups (broad SMARTS) is 1. The highest BCUT2D eigenvalue weighted by molar-refractivity contribution is 7.88. The second-order valence-electron chi connectivity index (χ2n) is 5.59. The van der Waals surface area contributed by atoms with Crippen LogP contribution in [-0.4, -0.2) is 54.6 Å². The monoisotopic (exact) mass is 304 g/mol. The van der Waals surface area contributed by atoms with Crippen LogP contribution >= 0.6 is 0 Å². The number of nitrogens with one attached hydrogen (secondary N) is 1. The molecule has 1 saturated heterocycles. The number of carbonyl (C=O) groups excluding carboxylic acids is 1. The van der Waals surface area contributed by atoms with Gasteiger partial charge in [-0.1, -0.05) is 0 Å². The van der Waals surface area contributed by atoms with E-state index in [2.05, 4.69) is 5.32 Å². The maximum atomic E-state index is 12.2. The van der Waals surface area contributed by atoms with E-state index in [1.165, 1.54) is 4.31 Å². The normalized spacial score (nSPS) is 31.4. The van der Waals surface area contributed by atoms with Crippen LogP contribution in [0, 0.1) is 5.92 Å². The van der Waals surface area contributed by atoms with Crippen molar-refractivity contribution in [2.45, 2.75) is 44.2 Å². The van der Waals surface area contributed by atoms with Gasteiger partial charge in [-0.2, -0.15) is 4.31 Å². The molecule has 2 aliphatic rings. The van der Waals surface area contributed by atoms with Gasteiger partial charge in [-0.15, -0.1) is 0 Å². The van der Waals surface area contributed by atoms with Crippen molar-refractivity contribution < 1.29 is 23.1 Å². The molecule has 1 saturated carbocycles. The van der Waals surface area contributed by atoms with Gasteiger partial charge in [0.15, 0.2) is 0 Å². The summed E-state index contributed by atoms with van der Waals surface area (Å²) in [6, 6.07) is -0.806. The zero-order valence-corrected chi connectivity index (χ0v) is 12.2. The van der Waals surface area contributed by atoms with Gasteiger partial charge < -0.3 is 10.4 Å². The average Bonchev–Trinajstić information content (AvgIpc) is 2.95. The van der Waals surface area contributed by atoms with Crippen molar-refractivity contribution in [3.05, 3.63) is 0 Å². The minimum absolute atomic E-state index is 0.161. The Labute approximate surface area is 118 Å². The lowest BCUT2D eigenvalue weighted by Crippen LogP contribution is -2.48. The summed E-state index contributed by atoms with van der Waals surface area (Å²) in [5.74, 6) is -1.54. The van der Waals surface area contributed by atoms with E-state index in [0.717, 1.165) is 6.26 Å². The van der Waals surface area contributed by atoms with E-state index >= 15 is 0 Å². The molecule has 20 heavy (non-hydrogen) atoms. The van der Waals surface area contributed by atoms with Gasteiger partial charge in [0.25, 0.3) is 0 Å². The Bertz CT molecular complexity index is 504. The highest BCUT2D eigenvalue weighted by Gasteiger charge is 2.38. The predicted molar refractivity (Wildman–Crippen MR) is 71.5 cm³/mol. The Kier molecular flexibility index (Phi) is 4.33. The molecule has 1 aliphatic carbocycles. The van der Waals surface area contributed by atoms with Crippen molar-refractivity contribution in [3.8, 4) is 0 Å². The predicted octanol–water partition coefficient (Wildman–Crippen LogP) is -0.220. The van der Waals surface area contributed by atoms with Gasteiger partial charge in [0.05, 0.1) is 12.2 Å². The first kappa shape index (κ1) is 15.2. The molecule has 0 aromatic heterocycles. The van der Waals surface area contributed by atoms with E-state index in [1.54, 1.807) is 0 Å². The number of rotatable bonds is 4. The average molecular weight is 304 g/mol. The van der Waals surface area contributed by atoms with Crippen LogP contribution in [0.1, 0.15) is 32.1 Å². The van der Waals surface area contributed by atoms with Gasteiger partial charge in [0, 0.05) is 12.6 Å². The van der Waals surface area contributed by atoms with Gasteiger partial charge in [-0.05, 0) is 32.1 Å². The molecule has 0 radical (unpaired) electrons. The molecule has 0 aromatic carbocycles. The summed E-state index contributed by atoms with van der Waals surface area (Å²) in [4.78, 5) is 23.0. The van der Waals surface area contributed by atoms with Gasteiger partial charge in [0.2, 0.25) is 15.9 Å². The summed E-state index contributed by atoms with van der Waals surface area (Å²) in [6.07, 6.45) is 3.91. The lowest BCUT2D eigenvalue weighted by atomic mass is 10.1. The number of amides is 1. The third kappa shape index (κ3) is 3.29. The van der Waals surface area contributed by atoms with Crippen molar-refractivity contribution in [1.82, 2.24) is 9.62 Å². The van der Waals surface area contributed by atoms with Crippen LogP contribution in [0.2, 0.25) is 0 Å². The molecule has 0 aromatic rings. The molecule has 0 bridgehead atoms. The third-order valence-electron chi connectivity index (χ3n) is 4.06. The van der Waals surface area contributed by atoms with Crippen LogP contribution in [-0.2, 0) is 19.6 Å². The molecule has 114 valence electrons. The zero-order valence-electron chi connectivity index (χ0n) is 11.4. The Hall–Kier alpha value is -1.15. The number of carboxylic acids is 1. The minimum Gasteiger partial charge on any atom is -0.481 e. The van der Waals surface area contributed by atoms with Crippen LogP contribution in [0.3, 0.4) is 0 Å². The zero-order chi connectivity index (χ0) is 14.9. The molecule has 2 fully saturated rings. The van der Waals surface area contributed by atoms with E-state index < -0.39 is 28.0 Å². The topological polar surface area (TPSA) is 104 Å². The fraction of sp³-hybridized carbons (Fsp3) is 0.833. The molecule has 7 nitrogen and oxygen atoms in total. The molecule has 1 heterocycles. The lowest BCUT2D eigenvalue weighted by Gasteiger charge is -2.23. The summed E-state index contributed by atoms with van der Waals surface area (Å²) in [7, 11) is -3.38. The van der Waals surface area contributed by atoms with Crippen LogP contribution in [0.5, 0.6) is 0 Å². The number of hydrogen-bond acceptors (Lipinski definition) is 4. The van der Waals surface area contributed by atoms with E-state index in [4.69, 9.17) is 5.11 Å². The first-order valence-electron chi connectivity index (χ1n) is 6.79. The minimum atomic E-state index is -3.38. The van der Waals surface area contributed by atoms with Crippen molar-refractivity contribution >= 4 is 21.9 Å². The summed E-state index contributed by atoms with van der Waals surface area (Å²) >= 11 is 0. The van der Waals surface area contributed by atoms with Crippen LogP contribution < -0.4 is 5.32 Å². The standard InChI is InChI=1S/C12H20N2O5S/c1-20(18,19)14-6-2-3-10(14)11(15)13-9-5-4-8(7-9)12(16)17/h8-10H,2-7H2,1H3,(H,13,15)(H,16,17)/t8-,9+,10?/m1/s1. The molecule has 1 amide bonds. The molecule has 0 spiro atoms. The molecular weight excluding hydrogens is 284 g/mol. The Morgan fingerprint density at radius 3 is 2.50 bits per heavy atom. The van der Waals surface area contributed by atoms with Crippen LogP contribution in [0.4, 0.5) is 0 Å². The van der Waals surface area contributed by atoms with Gasteiger partial charge in [-0.25, -0.2) is 8.42 Å². The van der Waals surface area contributed by atoms with Crippen molar-refractivity contribution in [1.29, 1.82) is 0 Å². The smallest absolute Gasteiger partial charge is 0.306 e. The fourth-order valence-electron chi connectivity index (χ4n) is 3.03. The Morgan fingerprint density at radius 1 is 1.25 bits per heavy atom. The van der Waals surface area contributed by atoms with Crippen molar-refractivity contribution in [2.24, 2.45) is 5.92 Å². The number of nitrogens with zero attached hydrogens (tertiary/aromatic N) is 1. The molecule has 2 N–H and O–H groups in total. The highest BCUT2D eigenvalue weighted by Crippen LogP contribution is 2.27. The van der Waals surface area contributed by atoms with E-state index in [1.807, 2.05) is 0 Å². The molecule has 2 rings (SSSR count). The number of sulfonamides is 1. The summed E-state index contributed by atoms with van der Waals surface area (Å²) in [5, 5.41) is 11.7. The largest absolute Gasteiger partial charge is 0.481 e. The van der Waals surface area contributed by atoms with Gasteiger partial charge in [-0.3, -0.25) is 9.59 Å². The first-order chi connectivity index (χ1) is 9.29.